The van der Waals surface area contributed by atoms with Crippen molar-refractivity contribution in [1.82, 2.24) is 30.2 Å². The molecular weight excluding hydrogens is 502 g/mol. The van der Waals surface area contributed by atoms with Crippen LogP contribution in [0, 0.1) is 0 Å². The molecule has 0 atom stereocenters. The summed E-state index contributed by atoms with van der Waals surface area (Å²) in [6.45, 7) is 1.05. The maximum atomic E-state index is 13.0. The third-order valence-electron chi connectivity index (χ3n) is 7.27. The van der Waals surface area contributed by atoms with Crippen molar-refractivity contribution in [1.29, 1.82) is 0 Å². The van der Waals surface area contributed by atoms with Gasteiger partial charge in [0.05, 0.1) is 17.6 Å². The first-order valence-corrected chi connectivity index (χ1v) is 13.2. The molecule has 196 valence electrons. The molecule has 2 amide bonds. The predicted octanol–water partition coefficient (Wildman–Crippen LogP) is 5.23. The zero-order valence-corrected chi connectivity index (χ0v) is 21.5. The van der Waals surface area contributed by atoms with Crippen molar-refractivity contribution in [2.24, 2.45) is 0 Å². The number of hydrogen-bond donors (Lipinski definition) is 3. The number of amides is 2. The average Bonchev–Trinajstić information content (AvgIpc) is 3.73. The maximum Gasteiger partial charge on any atom is 0.268 e. The zero-order valence-electron chi connectivity index (χ0n) is 21.5. The number of carbonyl (C=O) groups is 2. The highest BCUT2D eigenvalue weighted by Gasteiger charge is 2.21. The number of nitrogens with zero attached hydrogens (tertiary/aromatic N) is 4. The van der Waals surface area contributed by atoms with Gasteiger partial charge >= 0.3 is 0 Å². The summed E-state index contributed by atoms with van der Waals surface area (Å²) in [5, 5.41) is 3.76. The van der Waals surface area contributed by atoms with Crippen molar-refractivity contribution in [3.05, 3.63) is 96.8 Å². The minimum absolute atomic E-state index is 0.173. The van der Waals surface area contributed by atoms with E-state index >= 15 is 0 Å². The molecule has 0 saturated carbocycles. The monoisotopic (exact) mass is 527 g/mol. The average molecular weight is 528 g/mol. The van der Waals surface area contributed by atoms with Crippen molar-refractivity contribution in [2.45, 2.75) is 19.4 Å². The largest absolute Gasteiger partial charge is 0.344 e. The van der Waals surface area contributed by atoms with Crippen LogP contribution in [-0.4, -0.2) is 43.3 Å². The number of aromatic amines is 2. The second-order valence-electron chi connectivity index (χ2n) is 9.85. The van der Waals surface area contributed by atoms with Crippen LogP contribution in [0.15, 0.2) is 85.3 Å². The van der Waals surface area contributed by atoms with Gasteiger partial charge in [-0.3, -0.25) is 14.6 Å². The van der Waals surface area contributed by atoms with Crippen LogP contribution in [0.2, 0.25) is 0 Å². The molecular formula is C31H25N7O2. The van der Waals surface area contributed by atoms with Gasteiger partial charge in [0.1, 0.15) is 17.2 Å². The molecule has 1 aliphatic heterocycles. The molecule has 4 aromatic heterocycles. The second kappa shape index (κ2) is 9.77. The number of fused-ring (bicyclic) bond motifs is 2. The minimum Gasteiger partial charge on any atom is -0.344 e. The van der Waals surface area contributed by atoms with Crippen molar-refractivity contribution in [3.63, 3.8) is 0 Å². The molecule has 5 heterocycles. The van der Waals surface area contributed by atoms with Gasteiger partial charge in [0.25, 0.3) is 5.91 Å². The van der Waals surface area contributed by atoms with E-state index < -0.39 is 0 Å². The summed E-state index contributed by atoms with van der Waals surface area (Å²) in [7, 11) is 0. The quantitative estimate of drug-likeness (QED) is 0.274. The summed E-state index contributed by atoms with van der Waals surface area (Å²) in [5.41, 5.74) is 7.56. The highest BCUT2D eigenvalue weighted by atomic mass is 16.2. The second-order valence-corrected chi connectivity index (χ2v) is 9.85. The fourth-order valence-corrected chi connectivity index (χ4v) is 5.25. The Balaban J connectivity index is 1.13. The number of pyridine rings is 2. The molecule has 1 saturated heterocycles. The lowest BCUT2D eigenvalue weighted by Crippen LogP contribution is -2.23. The molecule has 1 aliphatic rings. The third kappa shape index (κ3) is 4.37. The van der Waals surface area contributed by atoms with E-state index in [-0.39, 0.29) is 18.4 Å². The lowest BCUT2D eigenvalue weighted by Gasteiger charge is -2.16. The van der Waals surface area contributed by atoms with Crippen LogP contribution < -0.4 is 10.2 Å². The maximum absolute atomic E-state index is 13.0. The lowest BCUT2D eigenvalue weighted by molar-refractivity contribution is -0.117. The number of imidazole rings is 1. The van der Waals surface area contributed by atoms with Crippen molar-refractivity contribution < 1.29 is 9.59 Å². The summed E-state index contributed by atoms with van der Waals surface area (Å²) in [4.78, 5) is 46.7. The van der Waals surface area contributed by atoms with Crippen LogP contribution in [0.4, 0.5) is 5.69 Å². The number of aromatic nitrogens is 5. The Kier molecular flexibility index (Phi) is 5.81. The van der Waals surface area contributed by atoms with Crippen molar-refractivity contribution in [3.8, 4) is 22.3 Å². The molecule has 3 N–H and O–H groups in total. The topological polar surface area (TPSA) is 120 Å². The van der Waals surface area contributed by atoms with E-state index in [1.54, 1.807) is 6.20 Å². The summed E-state index contributed by atoms with van der Waals surface area (Å²) in [6.07, 6.45) is 6.86. The Bertz CT molecular complexity index is 1850. The first kappa shape index (κ1) is 23.8. The zero-order chi connectivity index (χ0) is 27.1. The summed E-state index contributed by atoms with van der Waals surface area (Å²) < 4.78 is 0. The van der Waals surface area contributed by atoms with E-state index in [4.69, 9.17) is 0 Å². The molecule has 9 heteroatoms. The Hall–Kier alpha value is -5.31. The fraction of sp³-hybridized carbons (Fsp3) is 0.129. The standard InChI is InChI=1S/C31H25N7O2/c39-29-6-3-13-38(29)22-9-7-19(8-10-22)20-14-21(17-32-16-20)23-11-12-33-30-24(23)15-27(37-30)31(40)34-18-28-35-25-4-1-2-5-26(25)36-28/h1-2,4-5,7-12,14-17H,3,6,13,18H2,(H,33,37)(H,34,40)(H,35,36). The molecule has 0 aliphatic carbocycles. The van der Waals surface area contributed by atoms with Crippen LogP contribution in [0.5, 0.6) is 0 Å². The Morgan fingerprint density at radius 1 is 0.950 bits per heavy atom. The SMILES string of the molecule is O=C(NCc1nc2ccccc2[nH]1)c1cc2c(-c3cncc(-c4ccc(N5CCCC5=O)cc4)c3)ccnc2[nH]1. The van der Waals surface area contributed by atoms with Gasteiger partial charge in [0, 0.05) is 53.8 Å². The van der Waals surface area contributed by atoms with E-state index in [0.29, 0.717) is 23.6 Å². The fourth-order valence-electron chi connectivity index (χ4n) is 5.25. The van der Waals surface area contributed by atoms with Gasteiger partial charge in [-0.2, -0.15) is 0 Å². The molecule has 1 fully saturated rings. The van der Waals surface area contributed by atoms with E-state index in [2.05, 4.69) is 36.3 Å². The molecule has 0 spiro atoms. The lowest BCUT2D eigenvalue weighted by atomic mass is 10.0. The molecule has 40 heavy (non-hydrogen) atoms. The van der Waals surface area contributed by atoms with Gasteiger partial charge in [-0.25, -0.2) is 9.97 Å². The first-order chi connectivity index (χ1) is 19.6. The molecule has 0 radical (unpaired) electrons. The smallest absolute Gasteiger partial charge is 0.268 e. The van der Waals surface area contributed by atoms with Gasteiger partial charge in [0.2, 0.25) is 5.91 Å². The van der Waals surface area contributed by atoms with Gasteiger partial charge in [-0.1, -0.05) is 24.3 Å². The Morgan fingerprint density at radius 2 is 1.80 bits per heavy atom. The molecule has 0 bridgehead atoms. The summed E-state index contributed by atoms with van der Waals surface area (Å²) >= 11 is 0. The molecule has 6 aromatic rings. The Morgan fingerprint density at radius 3 is 2.62 bits per heavy atom. The van der Waals surface area contributed by atoms with Gasteiger partial charge < -0.3 is 20.2 Å². The highest BCUT2D eigenvalue weighted by Crippen LogP contribution is 2.32. The molecule has 2 aromatic carbocycles. The van der Waals surface area contributed by atoms with Gasteiger partial charge in [0.15, 0.2) is 0 Å². The van der Waals surface area contributed by atoms with Crippen molar-refractivity contribution in [2.75, 3.05) is 11.4 Å². The number of nitrogens with one attached hydrogen (secondary N) is 3. The molecule has 0 unspecified atom stereocenters. The first-order valence-electron chi connectivity index (χ1n) is 13.2. The number of benzene rings is 2. The van der Waals surface area contributed by atoms with Crippen molar-refractivity contribution >= 4 is 39.6 Å². The van der Waals surface area contributed by atoms with Crippen LogP contribution in [0.25, 0.3) is 44.3 Å². The van der Waals surface area contributed by atoms with Crippen LogP contribution in [-0.2, 0) is 11.3 Å². The van der Waals surface area contributed by atoms with Crippen LogP contribution in [0.3, 0.4) is 0 Å². The number of carbonyl (C=O) groups excluding carboxylic acids is 2. The summed E-state index contributed by atoms with van der Waals surface area (Å²) in [5.74, 6) is 0.618. The van der Waals surface area contributed by atoms with E-state index in [1.165, 1.54) is 0 Å². The molecule has 7 rings (SSSR count). The van der Waals surface area contributed by atoms with Gasteiger partial charge in [-0.05, 0) is 60.0 Å². The number of anilines is 1. The van der Waals surface area contributed by atoms with Gasteiger partial charge in [-0.15, -0.1) is 0 Å². The Labute approximate surface area is 229 Å². The number of rotatable bonds is 6. The number of hydrogen-bond acceptors (Lipinski definition) is 5. The van der Waals surface area contributed by atoms with E-state index in [1.807, 2.05) is 78.0 Å². The number of para-hydroxylation sites is 2. The summed E-state index contributed by atoms with van der Waals surface area (Å²) in [6, 6.07) is 21.6. The predicted molar refractivity (Wildman–Crippen MR) is 154 cm³/mol. The van der Waals surface area contributed by atoms with Crippen LogP contribution >= 0.6 is 0 Å². The van der Waals surface area contributed by atoms with E-state index in [0.717, 1.165) is 57.3 Å². The normalized spacial score (nSPS) is 13.4. The third-order valence-corrected chi connectivity index (χ3v) is 7.27. The van der Waals surface area contributed by atoms with E-state index in [9.17, 15) is 9.59 Å². The number of H-pyrrole nitrogens is 2. The van der Waals surface area contributed by atoms with Crippen LogP contribution in [0.1, 0.15) is 29.2 Å². The minimum atomic E-state index is -0.243. The highest BCUT2D eigenvalue weighted by molar-refractivity contribution is 6.02. The molecule has 9 nitrogen and oxygen atoms in total.